The zero-order valence-electron chi connectivity index (χ0n) is 13.2. The maximum atomic E-state index is 12.1. The Kier molecular flexibility index (Phi) is 5.95. The molecule has 0 spiro atoms. The molecule has 1 amide bonds. The Balaban J connectivity index is 1.81. The van der Waals surface area contributed by atoms with Crippen LogP contribution in [0.4, 0.5) is 0 Å². The Bertz CT molecular complexity index is 582. The quantitative estimate of drug-likeness (QED) is 0.789. The Morgan fingerprint density at radius 2 is 1.77 bits per heavy atom. The topological polar surface area (TPSA) is 42.4 Å². The number of pyridine rings is 1. The lowest BCUT2D eigenvalue weighted by molar-refractivity contribution is -0.132. The van der Waals surface area contributed by atoms with E-state index in [1.165, 1.54) is 5.56 Å². The number of rotatable bonds is 7. The summed E-state index contributed by atoms with van der Waals surface area (Å²) in [6.07, 6.45) is 5.64. The first-order valence-electron chi connectivity index (χ1n) is 7.53. The zero-order valence-corrected chi connectivity index (χ0v) is 13.2. The average Bonchev–Trinajstić information content (AvgIpc) is 2.55. The molecule has 0 unspecified atom stereocenters. The molecule has 1 heterocycles. The minimum absolute atomic E-state index is 0.0468. The van der Waals surface area contributed by atoms with Crippen molar-refractivity contribution >= 4 is 5.91 Å². The fourth-order valence-corrected chi connectivity index (χ4v) is 2.15. The van der Waals surface area contributed by atoms with Gasteiger partial charge in [0.05, 0.1) is 0 Å². The Labute approximate surface area is 131 Å². The summed E-state index contributed by atoms with van der Waals surface area (Å²) in [6, 6.07) is 11.7. The van der Waals surface area contributed by atoms with Crippen LogP contribution >= 0.6 is 0 Å². The first-order valence-corrected chi connectivity index (χ1v) is 7.53. The largest absolute Gasteiger partial charge is 0.484 e. The number of amides is 1. The number of aryl methyl sites for hydroxylation is 1. The van der Waals surface area contributed by atoms with Crippen molar-refractivity contribution in [3.05, 3.63) is 59.9 Å². The molecule has 0 atom stereocenters. The highest BCUT2D eigenvalue weighted by molar-refractivity contribution is 5.77. The fourth-order valence-electron chi connectivity index (χ4n) is 2.15. The third-order valence-corrected chi connectivity index (χ3v) is 3.42. The van der Waals surface area contributed by atoms with Crippen molar-refractivity contribution in [2.24, 2.45) is 0 Å². The van der Waals surface area contributed by atoms with Crippen LogP contribution in [-0.2, 0) is 17.8 Å². The standard InChI is InChI=1S/C18H22N2O2/c1-3-4-15-5-7-17(8-6-15)22-14-18(21)20(2)13-16-9-11-19-12-10-16/h5-12H,3-4,13-14H2,1-2H3. The summed E-state index contributed by atoms with van der Waals surface area (Å²) in [7, 11) is 1.77. The van der Waals surface area contributed by atoms with Gasteiger partial charge in [-0.3, -0.25) is 9.78 Å². The van der Waals surface area contributed by atoms with Crippen molar-refractivity contribution < 1.29 is 9.53 Å². The molecule has 0 fully saturated rings. The van der Waals surface area contributed by atoms with Crippen LogP contribution in [0.5, 0.6) is 5.75 Å². The van der Waals surface area contributed by atoms with Crippen molar-refractivity contribution in [3.63, 3.8) is 0 Å². The van der Waals surface area contributed by atoms with E-state index in [-0.39, 0.29) is 12.5 Å². The second kappa shape index (κ2) is 8.17. The number of carbonyl (C=O) groups is 1. The molecule has 0 radical (unpaired) electrons. The van der Waals surface area contributed by atoms with E-state index in [2.05, 4.69) is 11.9 Å². The first-order chi connectivity index (χ1) is 10.7. The van der Waals surface area contributed by atoms with Gasteiger partial charge in [-0.05, 0) is 41.8 Å². The van der Waals surface area contributed by atoms with Crippen LogP contribution < -0.4 is 4.74 Å². The van der Waals surface area contributed by atoms with Crippen molar-refractivity contribution in [1.29, 1.82) is 0 Å². The van der Waals surface area contributed by atoms with E-state index in [1.54, 1.807) is 24.3 Å². The highest BCUT2D eigenvalue weighted by Crippen LogP contribution is 2.13. The molecular weight excluding hydrogens is 276 g/mol. The molecule has 0 aliphatic carbocycles. The van der Waals surface area contributed by atoms with Gasteiger partial charge in [0.2, 0.25) is 0 Å². The third-order valence-electron chi connectivity index (χ3n) is 3.42. The lowest BCUT2D eigenvalue weighted by Crippen LogP contribution is -2.30. The van der Waals surface area contributed by atoms with Gasteiger partial charge in [0.1, 0.15) is 5.75 Å². The smallest absolute Gasteiger partial charge is 0.260 e. The van der Waals surface area contributed by atoms with Crippen LogP contribution in [0.2, 0.25) is 0 Å². The number of hydrogen-bond donors (Lipinski definition) is 0. The molecule has 4 nitrogen and oxygen atoms in total. The van der Waals surface area contributed by atoms with Crippen molar-refractivity contribution in [2.45, 2.75) is 26.3 Å². The number of hydrogen-bond acceptors (Lipinski definition) is 3. The van der Waals surface area contributed by atoms with Crippen LogP contribution in [-0.4, -0.2) is 29.4 Å². The van der Waals surface area contributed by atoms with Crippen molar-refractivity contribution in [2.75, 3.05) is 13.7 Å². The van der Waals surface area contributed by atoms with E-state index < -0.39 is 0 Å². The van der Waals surface area contributed by atoms with Crippen LogP contribution in [0.1, 0.15) is 24.5 Å². The summed E-state index contributed by atoms with van der Waals surface area (Å²) in [4.78, 5) is 17.7. The summed E-state index contributed by atoms with van der Waals surface area (Å²) in [5.41, 5.74) is 2.34. The molecule has 1 aromatic heterocycles. The first kappa shape index (κ1) is 16.0. The maximum absolute atomic E-state index is 12.1. The van der Waals surface area contributed by atoms with Crippen LogP contribution in [0, 0.1) is 0 Å². The summed E-state index contributed by atoms with van der Waals surface area (Å²) in [5, 5.41) is 0. The Morgan fingerprint density at radius 3 is 2.41 bits per heavy atom. The van der Waals surface area contributed by atoms with E-state index in [4.69, 9.17) is 4.74 Å². The normalized spacial score (nSPS) is 10.3. The molecule has 22 heavy (non-hydrogen) atoms. The molecule has 4 heteroatoms. The highest BCUT2D eigenvalue weighted by Gasteiger charge is 2.10. The minimum Gasteiger partial charge on any atom is -0.484 e. The average molecular weight is 298 g/mol. The van der Waals surface area contributed by atoms with E-state index >= 15 is 0 Å². The minimum atomic E-state index is -0.0468. The molecular formula is C18H22N2O2. The molecule has 0 aliphatic rings. The number of aromatic nitrogens is 1. The van der Waals surface area contributed by atoms with E-state index in [9.17, 15) is 4.79 Å². The monoisotopic (exact) mass is 298 g/mol. The SMILES string of the molecule is CCCc1ccc(OCC(=O)N(C)Cc2ccncc2)cc1. The Hall–Kier alpha value is -2.36. The fraction of sp³-hybridized carbons (Fsp3) is 0.333. The van der Waals surface area contributed by atoms with Gasteiger partial charge in [-0.25, -0.2) is 0 Å². The van der Waals surface area contributed by atoms with Gasteiger partial charge in [-0.15, -0.1) is 0 Å². The molecule has 116 valence electrons. The van der Waals surface area contributed by atoms with Gasteiger partial charge in [0.25, 0.3) is 5.91 Å². The second-order valence-corrected chi connectivity index (χ2v) is 5.29. The highest BCUT2D eigenvalue weighted by atomic mass is 16.5. The summed E-state index contributed by atoms with van der Waals surface area (Å²) >= 11 is 0. The van der Waals surface area contributed by atoms with Crippen molar-refractivity contribution in [3.8, 4) is 5.75 Å². The number of carbonyl (C=O) groups excluding carboxylic acids is 1. The van der Waals surface area contributed by atoms with Gasteiger partial charge in [0, 0.05) is 26.0 Å². The van der Waals surface area contributed by atoms with Crippen LogP contribution in [0.3, 0.4) is 0 Å². The molecule has 0 saturated carbocycles. The summed E-state index contributed by atoms with van der Waals surface area (Å²) in [6.45, 7) is 2.76. The molecule has 1 aromatic carbocycles. The van der Waals surface area contributed by atoms with E-state index in [0.717, 1.165) is 24.2 Å². The van der Waals surface area contributed by atoms with Crippen LogP contribution in [0.25, 0.3) is 0 Å². The summed E-state index contributed by atoms with van der Waals surface area (Å²) in [5.74, 6) is 0.681. The molecule has 2 aromatic rings. The zero-order chi connectivity index (χ0) is 15.8. The van der Waals surface area contributed by atoms with E-state index in [1.807, 2.05) is 36.4 Å². The van der Waals surface area contributed by atoms with Gasteiger partial charge < -0.3 is 9.64 Å². The third kappa shape index (κ3) is 4.88. The lowest BCUT2D eigenvalue weighted by Gasteiger charge is -2.17. The number of nitrogens with zero attached hydrogens (tertiary/aromatic N) is 2. The van der Waals surface area contributed by atoms with Gasteiger partial charge >= 0.3 is 0 Å². The predicted octanol–water partition coefficient (Wildman–Crippen LogP) is 3.07. The second-order valence-electron chi connectivity index (χ2n) is 5.29. The van der Waals surface area contributed by atoms with Gasteiger partial charge in [-0.1, -0.05) is 25.5 Å². The number of benzene rings is 1. The lowest BCUT2D eigenvalue weighted by atomic mass is 10.1. The molecule has 0 saturated heterocycles. The number of likely N-dealkylation sites (N-methyl/N-ethyl adjacent to an activating group) is 1. The molecule has 2 rings (SSSR count). The Morgan fingerprint density at radius 1 is 1.09 bits per heavy atom. The molecule has 0 N–H and O–H groups in total. The van der Waals surface area contributed by atoms with Crippen LogP contribution in [0.15, 0.2) is 48.8 Å². The van der Waals surface area contributed by atoms with Crippen molar-refractivity contribution in [1.82, 2.24) is 9.88 Å². The van der Waals surface area contributed by atoms with E-state index in [0.29, 0.717) is 6.54 Å². The molecule has 0 aliphatic heterocycles. The van der Waals surface area contributed by atoms with Gasteiger partial charge in [0.15, 0.2) is 6.61 Å². The number of ether oxygens (including phenoxy) is 1. The summed E-state index contributed by atoms with van der Waals surface area (Å²) < 4.78 is 5.56. The van der Waals surface area contributed by atoms with Gasteiger partial charge in [-0.2, -0.15) is 0 Å². The predicted molar refractivity (Wildman–Crippen MR) is 86.6 cm³/mol. The molecule has 0 bridgehead atoms. The maximum Gasteiger partial charge on any atom is 0.260 e.